The zero-order valence-corrected chi connectivity index (χ0v) is 19.8. The third-order valence-electron chi connectivity index (χ3n) is 4.80. The highest BCUT2D eigenvalue weighted by Crippen LogP contribution is 2.40. The summed E-state index contributed by atoms with van der Waals surface area (Å²) in [5.74, 6) is 0.863. The summed E-state index contributed by atoms with van der Waals surface area (Å²) in [6, 6.07) is 6.97. The van der Waals surface area contributed by atoms with E-state index < -0.39 is 8.07 Å². The molecule has 1 aliphatic rings. The van der Waals surface area contributed by atoms with Crippen LogP contribution >= 0.6 is 11.6 Å². The van der Waals surface area contributed by atoms with Gasteiger partial charge in [0.1, 0.15) is 12.5 Å². The van der Waals surface area contributed by atoms with Crippen molar-refractivity contribution >= 4 is 19.7 Å². The number of halogens is 1. The molecule has 1 aromatic carbocycles. The van der Waals surface area contributed by atoms with E-state index in [1.807, 2.05) is 22.9 Å². The van der Waals surface area contributed by atoms with Crippen LogP contribution in [0.1, 0.15) is 39.2 Å². The van der Waals surface area contributed by atoms with Gasteiger partial charge < -0.3 is 9.47 Å². The van der Waals surface area contributed by atoms with Crippen molar-refractivity contribution in [2.24, 2.45) is 0 Å². The van der Waals surface area contributed by atoms with E-state index in [2.05, 4.69) is 46.6 Å². The van der Waals surface area contributed by atoms with Gasteiger partial charge >= 0.3 is 0 Å². The molecule has 1 aromatic heterocycles. The van der Waals surface area contributed by atoms with Crippen LogP contribution in [-0.2, 0) is 16.9 Å². The summed E-state index contributed by atoms with van der Waals surface area (Å²) in [6.07, 6.45) is 4.66. The van der Waals surface area contributed by atoms with Crippen molar-refractivity contribution in [1.82, 2.24) is 9.78 Å². The van der Waals surface area contributed by atoms with E-state index in [-0.39, 0.29) is 5.41 Å². The Bertz CT molecular complexity index is 817. The first-order chi connectivity index (χ1) is 13.0. The van der Waals surface area contributed by atoms with Gasteiger partial charge in [-0.25, -0.2) is 4.68 Å². The Balaban J connectivity index is 1.87. The Morgan fingerprint density at radius 2 is 1.93 bits per heavy atom. The zero-order chi connectivity index (χ0) is 20.5. The van der Waals surface area contributed by atoms with E-state index in [1.165, 1.54) is 5.56 Å². The zero-order valence-electron chi connectivity index (χ0n) is 18.0. The molecule has 1 aliphatic carbocycles. The molecule has 2 aromatic rings. The minimum Gasteiger partial charge on any atom is -0.490 e. The molecular formula is C22H33ClN2O2Si. The molecule has 1 heterocycles. The molecule has 28 heavy (non-hydrogen) atoms. The van der Waals surface area contributed by atoms with Crippen LogP contribution in [0.25, 0.3) is 11.3 Å². The highest BCUT2D eigenvalue weighted by atomic mass is 35.5. The van der Waals surface area contributed by atoms with Gasteiger partial charge in [-0.05, 0) is 42.5 Å². The van der Waals surface area contributed by atoms with Gasteiger partial charge in [-0.2, -0.15) is 5.10 Å². The van der Waals surface area contributed by atoms with Crippen LogP contribution in [-0.4, -0.2) is 30.6 Å². The lowest BCUT2D eigenvalue weighted by molar-refractivity contribution is 0.0786. The van der Waals surface area contributed by atoms with Crippen molar-refractivity contribution in [1.29, 1.82) is 0 Å². The average Bonchev–Trinajstić information content (AvgIpc) is 3.27. The van der Waals surface area contributed by atoms with Gasteiger partial charge in [-0.1, -0.05) is 52.0 Å². The molecule has 154 valence electrons. The maximum absolute atomic E-state index is 6.33. The minimum absolute atomic E-state index is 0.0505. The number of aromatic nitrogens is 2. The third-order valence-corrected chi connectivity index (χ3v) is 6.74. The van der Waals surface area contributed by atoms with Crippen LogP contribution in [0.5, 0.6) is 5.75 Å². The van der Waals surface area contributed by atoms with Crippen molar-refractivity contribution in [3.63, 3.8) is 0 Å². The molecule has 0 aliphatic heterocycles. The maximum atomic E-state index is 6.33. The summed E-state index contributed by atoms with van der Waals surface area (Å²) >= 11 is 6.33. The van der Waals surface area contributed by atoms with Crippen LogP contribution in [0.3, 0.4) is 0 Å². The van der Waals surface area contributed by atoms with Crippen LogP contribution in [0.15, 0.2) is 24.4 Å². The molecule has 0 bridgehead atoms. The number of ether oxygens (including phenoxy) is 2. The predicted molar refractivity (Wildman–Crippen MR) is 119 cm³/mol. The van der Waals surface area contributed by atoms with Crippen molar-refractivity contribution in [3.8, 4) is 17.0 Å². The molecule has 6 heteroatoms. The quantitative estimate of drug-likeness (QED) is 0.368. The summed E-state index contributed by atoms with van der Waals surface area (Å²) in [5.41, 5.74) is 3.01. The number of nitrogens with zero attached hydrogens (tertiary/aromatic N) is 2. The highest BCUT2D eigenvalue weighted by molar-refractivity contribution is 6.76. The molecule has 0 spiro atoms. The molecular weight excluding hydrogens is 388 g/mol. The Morgan fingerprint density at radius 3 is 2.54 bits per heavy atom. The number of rotatable bonds is 8. The maximum Gasteiger partial charge on any atom is 0.139 e. The highest BCUT2D eigenvalue weighted by Gasteiger charge is 2.28. The van der Waals surface area contributed by atoms with E-state index in [0.29, 0.717) is 17.9 Å². The minimum atomic E-state index is -1.09. The molecule has 0 saturated heterocycles. The molecule has 0 atom stereocenters. The Morgan fingerprint density at radius 1 is 1.21 bits per heavy atom. The van der Waals surface area contributed by atoms with E-state index in [4.69, 9.17) is 26.2 Å². The second kappa shape index (κ2) is 8.21. The lowest BCUT2D eigenvalue weighted by Gasteiger charge is -2.19. The van der Waals surface area contributed by atoms with Crippen molar-refractivity contribution < 1.29 is 9.47 Å². The molecule has 1 saturated carbocycles. The van der Waals surface area contributed by atoms with Crippen LogP contribution in [0, 0.1) is 0 Å². The molecule has 4 nitrogen and oxygen atoms in total. The summed E-state index contributed by atoms with van der Waals surface area (Å²) in [4.78, 5) is 0. The van der Waals surface area contributed by atoms with Crippen LogP contribution in [0.2, 0.25) is 30.7 Å². The largest absolute Gasteiger partial charge is 0.490 e. The van der Waals surface area contributed by atoms with Gasteiger partial charge in [-0.15, -0.1) is 0 Å². The second-order valence-corrected chi connectivity index (χ2v) is 16.0. The van der Waals surface area contributed by atoms with Gasteiger partial charge in [0.25, 0.3) is 0 Å². The summed E-state index contributed by atoms with van der Waals surface area (Å²) in [7, 11) is -1.09. The fourth-order valence-corrected chi connectivity index (χ4v) is 3.86. The number of hydrogen-bond acceptors (Lipinski definition) is 3. The Kier molecular flexibility index (Phi) is 6.28. The second-order valence-electron chi connectivity index (χ2n) is 9.99. The van der Waals surface area contributed by atoms with E-state index in [0.717, 1.165) is 42.5 Å². The Labute approximate surface area is 175 Å². The fourth-order valence-electron chi connectivity index (χ4n) is 2.93. The lowest BCUT2D eigenvalue weighted by atomic mass is 9.85. The molecule has 0 unspecified atom stereocenters. The van der Waals surface area contributed by atoms with Gasteiger partial charge in [0.2, 0.25) is 0 Å². The van der Waals surface area contributed by atoms with E-state index >= 15 is 0 Å². The summed E-state index contributed by atoms with van der Waals surface area (Å²) in [5, 5.41) is 5.57. The van der Waals surface area contributed by atoms with Crippen LogP contribution < -0.4 is 4.74 Å². The molecule has 0 amide bonds. The third kappa shape index (κ3) is 5.85. The average molecular weight is 421 g/mol. The molecule has 3 rings (SSSR count). The molecule has 1 fully saturated rings. The first-order valence-electron chi connectivity index (χ1n) is 10.2. The number of benzene rings is 1. The first-order valence-corrected chi connectivity index (χ1v) is 14.2. The predicted octanol–water partition coefficient (Wildman–Crippen LogP) is 6.35. The van der Waals surface area contributed by atoms with Crippen molar-refractivity contribution in [2.45, 2.75) is 77.5 Å². The summed E-state index contributed by atoms with van der Waals surface area (Å²) < 4.78 is 14.0. The van der Waals surface area contributed by atoms with E-state index in [9.17, 15) is 0 Å². The van der Waals surface area contributed by atoms with Gasteiger partial charge in [0, 0.05) is 37.0 Å². The topological polar surface area (TPSA) is 36.3 Å². The van der Waals surface area contributed by atoms with Gasteiger partial charge in [0.15, 0.2) is 0 Å². The van der Waals surface area contributed by atoms with Crippen LogP contribution in [0.4, 0.5) is 0 Å². The van der Waals surface area contributed by atoms with Gasteiger partial charge in [-0.3, -0.25) is 0 Å². The number of hydrogen-bond donors (Lipinski definition) is 0. The lowest BCUT2D eigenvalue weighted by Crippen LogP contribution is -2.22. The van der Waals surface area contributed by atoms with Crippen molar-refractivity contribution in [3.05, 3.63) is 35.0 Å². The Hall–Kier alpha value is -1.30. The molecule has 0 N–H and O–H groups in total. The molecule has 0 radical (unpaired) electrons. The monoisotopic (exact) mass is 420 g/mol. The first kappa shape index (κ1) is 21.4. The van der Waals surface area contributed by atoms with Gasteiger partial charge in [0.05, 0.1) is 11.8 Å². The summed E-state index contributed by atoms with van der Waals surface area (Å²) in [6.45, 7) is 14.9. The van der Waals surface area contributed by atoms with Crippen molar-refractivity contribution in [2.75, 3.05) is 6.61 Å². The SMILES string of the molecule is CC(C)(C)c1cn(COCC[Si](C)(C)C)nc1-c1cc(Cl)ccc1OC1CC1. The van der Waals surface area contributed by atoms with E-state index in [1.54, 1.807) is 0 Å². The standard InChI is InChI=1S/C22H33ClN2O2Si/c1-22(2,3)19-14-25(15-26-11-12-28(4,5)6)24-21(19)18-13-16(23)7-10-20(18)27-17-8-9-17/h7,10,13-14,17H,8-9,11-12,15H2,1-6H3. The smallest absolute Gasteiger partial charge is 0.139 e. The normalized spacial score (nSPS) is 15.1. The fraction of sp³-hybridized carbons (Fsp3) is 0.591.